The fourth-order valence-corrected chi connectivity index (χ4v) is 3.47. The van der Waals surface area contributed by atoms with Gasteiger partial charge in [-0.3, -0.25) is 4.79 Å². The molecule has 1 N–H and O–H groups in total. The second-order valence-electron chi connectivity index (χ2n) is 6.88. The molecule has 1 amide bonds. The zero-order valence-corrected chi connectivity index (χ0v) is 14.9. The van der Waals surface area contributed by atoms with Crippen LogP contribution in [0.4, 0.5) is 0 Å². The molecule has 0 spiro atoms. The van der Waals surface area contributed by atoms with Crippen LogP contribution in [0.15, 0.2) is 60.7 Å². The molecule has 1 fully saturated rings. The van der Waals surface area contributed by atoms with Crippen LogP contribution in [-0.2, 0) is 17.6 Å². The SMILES string of the molecule is O=C(NCCc1ccccc1)C1CCN(CCc2ccccc2)CC1. The summed E-state index contributed by atoms with van der Waals surface area (Å²) in [4.78, 5) is 14.8. The highest BCUT2D eigenvalue weighted by molar-refractivity contribution is 5.78. The van der Waals surface area contributed by atoms with Crippen molar-refractivity contribution in [2.24, 2.45) is 5.92 Å². The maximum atomic E-state index is 12.3. The number of benzene rings is 2. The van der Waals surface area contributed by atoms with Gasteiger partial charge in [-0.05, 0) is 49.9 Å². The first kappa shape index (κ1) is 17.7. The lowest BCUT2D eigenvalue weighted by Crippen LogP contribution is -2.41. The summed E-state index contributed by atoms with van der Waals surface area (Å²) in [5, 5.41) is 3.12. The van der Waals surface area contributed by atoms with Gasteiger partial charge in [-0.1, -0.05) is 60.7 Å². The molecule has 0 unspecified atom stereocenters. The van der Waals surface area contributed by atoms with Crippen molar-refractivity contribution >= 4 is 5.91 Å². The first-order valence-electron chi connectivity index (χ1n) is 9.39. The molecule has 3 rings (SSSR count). The Morgan fingerprint density at radius 2 is 1.44 bits per heavy atom. The van der Waals surface area contributed by atoms with E-state index in [1.807, 2.05) is 18.2 Å². The molecule has 0 atom stereocenters. The third kappa shape index (κ3) is 5.71. The van der Waals surface area contributed by atoms with Crippen molar-refractivity contribution in [2.45, 2.75) is 25.7 Å². The smallest absolute Gasteiger partial charge is 0.223 e. The van der Waals surface area contributed by atoms with E-state index < -0.39 is 0 Å². The van der Waals surface area contributed by atoms with E-state index in [-0.39, 0.29) is 11.8 Å². The third-order valence-corrected chi connectivity index (χ3v) is 5.07. The summed E-state index contributed by atoms with van der Waals surface area (Å²) in [5.41, 5.74) is 2.67. The van der Waals surface area contributed by atoms with Crippen molar-refractivity contribution in [2.75, 3.05) is 26.2 Å². The Morgan fingerprint density at radius 3 is 2.04 bits per heavy atom. The predicted octanol–water partition coefficient (Wildman–Crippen LogP) is 3.30. The Hall–Kier alpha value is -2.13. The number of piperidine rings is 1. The van der Waals surface area contributed by atoms with Gasteiger partial charge in [-0.25, -0.2) is 0 Å². The number of amides is 1. The number of rotatable bonds is 7. The molecule has 3 nitrogen and oxygen atoms in total. The number of carbonyl (C=O) groups excluding carboxylic acids is 1. The molecule has 3 heteroatoms. The standard InChI is InChI=1S/C22H28N2O/c25-22(23-15-11-19-7-3-1-4-8-19)21-13-17-24(18-14-21)16-12-20-9-5-2-6-10-20/h1-10,21H,11-18H2,(H,23,25). The quantitative estimate of drug-likeness (QED) is 0.841. The molecule has 1 aliphatic rings. The van der Waals surface area contributed by atoms with E-state index in [0.29, 0.717) is 0 Å². The molecular formula is C22H28N2O. The molecule has 132 valence electrons. The molecule has 2 aromatic rings. The van der Waals surface area contributed by atoms with E-state index in [9.17, 15) is 4.79 Å². The maximum absolute atomic E-state index is 12.3. The van der Waals surface area contributed by atoms with Crippen molar-refractivity contribution in [3.63, 3.8) is 0 Å². The monoisotopic (exact) mass is 336 g/mol. The zero-order chi connectivity index (χ0) is 17.3. The number of likely N-dealkylation sites (tertiary alicyclic amines) is 1. The van der Waals surface area contributed by atoms with Crippen molar-refractivity contribution in [3.8, 4) is 0 Å². The second kappa shape index (κ2) is 9.38. The number of nitrogens with one attached hydrogen (secondary N) is 1. The number of carbonyl (C=O) groups is 1. The van der Waals surface area contributed by atoms with Gasteiger partial charge in [0, 0.05) is 19.0 Å². The topological polar surface area (TPSA) is 32.3 Å². The molecular weight excluding hydrogens is 308 g/mol. The lowest BCUT2D eigenvalue weighted by atomic mass is 9.95. The summed E-state index contributed by atoms with van der Waals surface area (Å²) < 4.78 is 0. The highest BCUT2D eigenvalue weighted by Gasteiger charge is 2.24. The Balaban J connectivity index is 1.33. The summed E-state index contributed by atoms with van der Waals surface area (Å²) in [6.45, 7) is 3.89. The van der Waals surface area contributed by atoms with Crippen LogP contribution in [0.1, 0.15) is 24.0 Å². The van der Waals surface area contributed by atoms with Gasteiger partial charge in [-0.15, -0.1) is 0 Å². The number of hydrogen-bond donors (Lipinski definition) is 1. The first-order valence-corrected chi connectivity index (χ1v) is 9.39. The van der Waals surface area contributed by atoms with Crippen molar-refractivity contribution in [1.29, 1.82) is 0 Å². The second-order valence-corrected chi connectivity index (χ2v) is 6.88. The van der Waals surface area contributed by atoms with Crippen molar-refractivity contribution in [3.05, 3.63) is 71.8 Å². The van der Waals surface area contributed by atoms with E-state index in [1.54, 1.807) is 0 Å². The van der Waals surface area contributed by atoms with E-state index >= 15 is 0 Å². The predicted molar refractivity (Wildman–Crippen MR) is 102 cm³/mol. The summed E-state index contributed by atoms with van der Waals surface area (Å²) in [6, 6.07) is 21.0. The number of hydrogen-bond acceptors (Lipinski definition) is 2. The van der Waals surface area contributed by atoms with Crippen LogP contribution in [0, 0.1) is 5.92 Å². The van der Waals surface area contributed by atoms with Crippen LogP contribution < -0.4 is 5.32 Å². The highest BCUT2D eigenvalue weighted by Crippen LogP contribution is 2.17. The van der Waals surface area contributed by atoms with Crippen LogP contribution in [0.25, 0.3) is 0 Å². The summed E-state index contributed by atoms with van der Waals surface area (Å²) >= 11 is 0. The Morgan fingerprint density at radius 1 is 0.880 bits per heavy atom. The van der Waals surface area contributed by atoms with Gasteiger partial charge in [0.2, 0.25) is 5.91 Å². The fraction of sp³-hybridized carbons (Fsp3) is 0.409. The minimum absolute atomic E-state index is 0.184. The molecule has 0 bridgehead atoms. The minimum Gasteiger partial charge on any atom is -0.356 e. The Labute approximate surface area is 151 Å². The van der Waals surface area contributed by atoms with Gasteiger partial charge < -0.3 is 10.2 Å². The summed E-state index contributed by atoms with van der Waals surface area (Å²) in [7, 11) is 0. The van der Waals surface area contributed by atoms with Gasteiger partial charge in [0.25, 0.3) is 0 Å². The number of nitrogens with zero attached hydrogens (tertiary/aromatic N) is 1. The molecule has 0 aromatic heterocycles. The van der Waals surface area contributed by atoms with Crippen molar-refractivity contribution < 1.29 is 4.79 Å². The highest BCUT2D eigenvalue weighted by atomic mass is 16.1. The molecule has 0 aliphatic carbocycles. The molecule has 0 saturated carbocycles. The maximum Gasteiger partial charge on any atom is 0.223 e. The molecule has 1 saturated heterocycles. The normalized spacial score (nSPS) is 15.8. The fourth-order valence-electron chi connectivity index (χ4n) is 3.47. The summed E-state index contributed by atoms with van der Waals surface area (Å²) in [6.07, 6.45) is 3.95. The van der Waals surface area contributed by atoms with Crippen LogP contribution in [0.2, 0.25) is 0 Å². The van der Waals surface area contributed by atoms with Crippen LogP contribution in [-0.4, -0.2) is 37.0 Å². The Kier molecular flexibility index (Phi) is 6.63. The minimum atomic E-state index is 0.184. The van der Waals surface area contributed by atoms with Crippen LogP contribution >= 0.6 is 0 Å². The molecule has 1 aliphatic heterocycles. The zero-order valence-electron chi connectivity index (χ0n) is 14.9. The van der Waals surface area contributed by atoms with E-state index in [4.69, 9.17) is 0 Å². The molecule has 25 heavy (non-hydrogen) atoms. The van der Waals surface area contributed by atoms with Gasteiger partial charge in [0.15, 0.2) is 0 Å². The van der Waals surface area contributed by atoms with Crippen LogP contribution in [0.3, 0.4) is 0 Å². The molecule has 1 heterocycles. The van der Waals surface area contributed by atoms with Gasteiger partial charge >= 0.3 is 0 Å². The average Bonchev–Trinajstić information content (AvgIpc) is 2.68. The van der Waals surface area contributed by atoms with Gasteiger partial charge in [-0.2, -0.15) is 0 Å². The first-order chi connectivity index (χ1) is 12.3. The van der Waals surface area contributed by atoms with E-state index in [2.05, 4.69) is 52.7 Å². The average molecular weight is 336 g/mol. The largest absolute Gasteiger partial charge is 0.356 e. The molecule has 0 radical (unpaired) electrons. The lowest BCUT2D eigenvalue weighted by molar-refractivity contribution is -0.126. The molecule has 2 aromatic carbocycles. The van der Waals surface area contributed by atoms with E-state index in [1.165, 1.54) is 11.1 Å². The lowest BCUT2D eigenvalue weighted by Gasteiger charge is -2.31. The third-order valence-electron chi connectivity index (χ3n) is 5.07. The van der Waals surface area contributed by atoms with Crippen molar-refractivity contribution in [1.82, 2.24) is 10.2 Å². The summed E-state index contributed by atoms with van der Waals surface area (Å²) in [5.74, 6) is 0.419. The van der Waals surface area contributed by atoms with Gasteiger partial charge in [0.05, 0.1) is 0 Å². The van der Waals surface area contributed by atoms with Crippen LogP contribution in [0.5, 0.6) is 0 Å². The Bertz CT molecular complexity index is 634. The van der Waals surface area contributed by atoms with Gasteiger partial charge in [0.1, 0.15) is 0 Å². The van der Waals surface area contributed by atoms with E-state index in [0.717, 1.165) is 51.9 Å².